The minimum atomic E-state index is -0.215. The van der Waals surface area contributed by atoms with Crippen LogP contribution < -0.4 is 14.6 Å². The second kappa shape index (κ2) is 7.81. The van der Waals surface area contributed by atoms with Gasteiger partial charge in [-0.1, -0.05) is 41.9 Å². The molecule has 1 aromatic heterocycles. The largest absolute Gasteiger partial charge is 0.495 e. The van der Waals surface area contributed by atoms with Crippen LogP contribution in [0.1, 0.15) is 15.9 Å². The Morgan fingerprint density at radius 2 is 1.80 bits per heavy atom. The van der Waals surface area contributed by atoms with Crippen molar-refractivity contribution in [2.75, 3.05) is 12.4 Å². The van der Waals surface area contributed by atoms with E-state index in [0.29, 0.717) is 22.0 Å². The van der Waals surface area contributed by atoms with E-state index in [4.69, 9.17) is 16.3 Å². The van der Waals surface area contributed by atoms with Crippen LogP contribution >= 0.6 is 11.6 Å². The van der Waals surface area contributed by atoms with Gasteiger partial charge in [0.2, 0.25) is 0 Å². The number of hydrogen-bond donors (Lipinski definition) is 1. The fourth-order valence-electron chi connectivity index (χ4n) is 2.48. The maximum atomic E-state index is 12.4. The maximum Gasteiger partial charge on any atom is 0.256 e. The van der Waals surface area contributed by atoms with Crippen LogP contribution in [0.5, 0.6) is 5.75 Å². The van der Waals surface area contributed by atoms with Crippen molar-refractivity contribution in [3.8, 4) is 5.75 Å². The van der Waals surface area contributed by atoms with Gasteiger partial charge in [0.1, 0.15) is 5.75 Å². The van der Waals surface area contributed by atoms with Gasteiger partial charge < -0.3 is 10.1 Å². The van der Waals surface area contributed by atoms with Gasteiger partial charge in [0.25, 0.3) is 5.91 Å². The first kappa shape index (κ1) is 17.0. The first-order chi connectivity index (χ1) is 12.2. The molecule has 0 aliphatic heterocycles. The summed E-state index contributed by atoms with van der Waals surface area (Å²) in [6.07, 6.45) is 3.77. The standard InChI is InChI=1S/C20H17ClN2O2/c1-25-19-8-7-17(21)13-18(19)22-20(24)16-9-11-23(12-10-16)14-15-5-3-2-4-6-15/h2-13H,14H2,1H3/p+1. The Bertz CT molecular complexity index is 865. The van der Waals surface area contributed by atoms with Crippen LogP contribution in [0.3, 0.4) is 0 Å². The molecule has 126 valence electrons. The fraction of sp³-hybridized carbons (Fsp3) is 0.100. The summed E-state index contributed by atoms with van der Waals surface area (Å²) in [4.78, 5) is 12.4. The van der Waals surface area contributed by atoms with Gasteiger partial charge in [-0.25, -0.2) is 4.57 Å². The first-order valence-corrected chi connectivity index (χ1v) is 8.21. The van der Waals surface area contributed by atoms with Crippen molar-refractivity contribution in [2.45, 2.75) is 6.54 Å². The van der Waals surface area contributed by atoms with E-state index in [2.05, 4.69) is 17.4 Å². The molecule has 0 saturated carbocycles. The third-order valence-corrected chi connectivity index (χ3v) is 4.01. The number of pyridine rings is 1. The van der Waals surface area contributed by atoms with Crippen LogP contribution in [0, 0.1) is 0 Å². The number of methoxy groups -OCH3 is 1. The summed E-state index contributed by atoms with van der Waals surface area (Å²) in [6, 6.07) is 18.8. The zero-order valence-corrected chi connectivity index (χ0v) is 14.5. The summed E-state index contributed by atoms with van der Waals surface area (Å²) in [5.41, 5.74) is 2.31. The van der Waals surface area contributed by atoms with Gasteiger partial charge in [-0.15, -0.1) is 0 Å². The number of nitrogens with zero attached hydrogens (tertiary/aromatic N) is 1. The lowest BCUT2D eigenvalue weighted by molar-refractivity contribution is -0.688. The number of ether oxygens (including phenoxy) is 1. The van der Waals surface area contributed by atoms with Gasteiger partial charge in [-0.2, -0.15) is 0 Å². The average Bonchev–Trinajstić information content (AvgIpc) is 2.63. The highest BCUT2D eigenvalue weighted by molar-refractivity contribution is 6.31. The van der Waals surface area contributed by atoms with Crippen molar-refractivity contribution in [3.63, 3.8) is 0 Å². The molecule has 1 N–H and O–H groups in total. The van der Waals surface area contributed by atoms with E-state index in [9.17, 15) is 4.79 Å². The van der Waals surface area contributed by atoms with E-state index in [1.807, 2.05) is 35.2 Å². The predicted molar refractivity (Wildman–Crippen MR) is 98.1 cm³/mol. The van der Waals surface area contributed by atoms with Gasteiger partial charge in [0, 0.05) is 22.7 Å². The van der Waals surface area contributed by atoms with Crippen LogP contribution in [-0.2, 0) is 6.54 Å². The van der Waals surface area contributed by atoms with E-state index < -0.39 is 0 Å². The number of halogens is 1. The highest BCUT2D eigenvalue weighted by atomic mass is 35.5. The van der Waals surface area contributed by atoms with Crippen molar-refractivity contribution in [1.29, 1.82) is 0 Å². The number of benzene rings is 2. The van der Waals surface area contributed by atoms with Crippen LogP contribution in [0.15, 0.2) is 73.1 Å². The van der Waals surface area contributed by atoms with Gasteiger partial charge in [0.05, 0.1) is 18.4 Å². The smallest absolute Gasteiger partial charge is 0.256 e. The molecule has 1 amide bonds. The highest BCUT2D eigenvalue weighted by Crippen LogP contribution is 2.28. The molecular formula is C20H18ClN2O2+. The number of amides is 1. The lowest BCUT2D eigenvalue weighted by atomic mass is 10.2. The zero-order chi connectivity index (χ0) is 17.6. The second-order valence-corrected chi connectivity index (χ2v) is 5.98. The topological polar surface area (TPSA) is 42.2 Å². The van der Waals surface area contributed by atoms with Crippen molar-refractivity contribution >= 4 is 23.2 Å². The lowest BCUT2D eigenvalue weighted by Gasteiger charge is -2.10. The Hall–Kier alpha value is -2.85. The van der Waals surface area contributed by atoms with Crippen LogP contribution in [0.25, 0.3) is 0 Å². The third-order valence-electron chi connectivity index (χ3n) is 3.77. The summed E-state index contributed by atoms with van der Waals surface area (Å²) < 4.78 is 7.27. The molecule has 4 nitrogen and oxygen atoms in total. The number of nitrogens with one attached hydrogen (secondary N) is 1. The lowest BCUT2D eigenvalue weighted by Crippen LogP contribution is -2.33. The molecule has 0 aliphatic carbocycles. The van der Waals surface area contributed by atoms with Gasteiger partial charge in [-0.3, -0.25) is 4.79 Å². The maximum absolute atomic E-state index is 12.4. The Kier molecular flexibility index (Phi) is 5.31. The Morgan fingerprint density at radius 3 is 2.48 bits per heavy atom. The molecule has 0 fully saturated rings. The van der Waals surface area contributed by atoms with Crippen LogP contribution in [0.4, 0.5) is 5.69 Å². The van der Waals surface area contributed by atoms with Crippen LogP contribution in [-0.4, -0.2) is 13.0 Å². The number of hydrogen-bond acceptors (Lipinski definition) is 2. The van der Waals surface area contributed by atoms with Gasteiger partial charge in [0.15, 0.2) is 18.9 Å². The molecule has 0 bridgehead atoms. The summed E-state index contributed by atoms with van der Waals surface area (Å²) in [5, 5.41) is 3.36. The van der Waals surface area contributed by atoms with E-state index in [1.165, 1.54) is 5.56 Å². The minimum Gasteiger partial charge on any atom is -0.495 e. The molecule has 0 aliphatic rings. The van der Waals surface area contributed by atoms with Crippen molar-refractivity contribution in [1.82, 2.24) is 0 Å². The molecule has 0 spiro atoms. The van der Waals surface area contributed by atoms with Crippen molar-refractivity contribution in [3.05, 3.63) is 89.2 Å². The van der Waals surface area contributed by atoms with Gasteiger partial charge >= 0.3 is 0 Å². The fourth-order valence-corrected chi connectivity index (χ4v) is 2.65. The zero-order valence-electron chi connectivity index (χ0n) is 13.8. The van der Waals surface area contributed by atoms with E-state index >= 15 is 0 Å². The number of carbonyl (C=O) groups excluding carboxylic acids is 1. The minimum absolute atomic E-state index is 0.215. The average molecular weight is 354 g/mol. The molecular weight excluding hydrogens is 336 g/mol. The molecule has 0 unspecified atom stereocenters. The third kappa shape index (κ3) is 4.37. The van der Waals surface area contributed by atoms with E-state index in [1.54, 1.807) is 37.4 Å². The quantitative estimate of drug-likeness (QED) is 0.706. The Morgan fingerprint density at radius 1 is 1.08 bits per heavy atom. The summed E-state index contributed by atoms with van der Waals surface area (Å²) in [5.74, 6) is 0.347. The monoisotopic (exact) mass is 353 g/mol. The predicted octanol–water partition coefficient (Wildman–Crippen LogP) is 3.94. The van der Waals surface area contributed by atoms with Gasteiger partial charge in [-0.05, 0) is 18.2 Å². The Balaban J connectivity index is 1.72. The van der Waals surface area contributed by atoms with E-state index in [0.717, 1.165) is 6.54 Å². The molecule has 5 heteroatoms. The number of carbonyl (C=O) groups is 1. The molecule has 3 rings (SSSR count). The molecule has 1 heterocycles. The SMILES string of the molecule is COc1ccc(Cl)cc1NC(=O)c1cc[n+](Cc2ccccc2)cc1. The van der Waals surface area contributed by atoms with E-state index in [-0.39, 0.29) is 5.91 Å². The summed E-state index contributed by atoms with van der Waals surface area (Å²) in [7, 11) is 1.55. The number of rotatable bonds is 5. The molecule has 0 saturated heterocycles. The molecule has 0 radical (unpaired) electrons. The second-order valence-electron chi connectivity index (χ2n) is 5.54. The molecule has 25 heavy (non-hydrogen) atoms. The number of aromatic nitrogens is 1. The molecule has 3 aromatic rings. The van der Waals surface area contributed by atoms with Crippen molar-refractivity contribution in [2.24, 2.45) is 0 Å². The highest BCUT2D eigenvalue weighted by Gasteiger charge is 2.12. The number of anilines is 1. The molecule has 2 aromatic carbocycles. The molecule has 0 atom stereocenters. The summed E-state index contributed by atoms with van der Waals surface area (Å²) >= 11 is 5.99. The Labute approximate surface area is 151 Å². The van der Waals surface area contributed by atoms with Crippen molar-refractivity contribution < 1.29 is 14.1 Å². The summed E-state index contributed by atoms with van der Waals surface area (Å²) in [6.45, 7) is 0.755. The normalized spacial score (nSPS) is 10.3. The first-order valence-electron chi connectivity index (χ1n) is 7.83. The van der Waals surface area contributed by atoms with Crippen LogP contribution in [0.2, 0.25) is 5.02 Å².